The molecule has 1 amide bonds. The van der Waals surface area contributed by atoms with Crippen molar-refractivity contribution in [2.45, 2.75) is 105 Å². The SMILES string of the molecule is COCCNCc1ccc(-c2nnc(-c3nc(-c4ccc(SC(C)C)cc4)cnc3C)o2)cc1.Cc1ncc(-c2ccc(S(=O)(=O)C(C)C)cc2)nc1-c1nnc(C(=O)N2CC(N)C2)o1.Cc1ncc(-c2ccccc2S(=O)(=O)C(C)C)nc1-c1nnc(-c2ccccc2)o1.O.O.[HH].[HH].[HH].[HH].[HH]. The highest BCUT2D eigenvalue weighted by atomic mass is 32.2. The van der Waals surface area contributed by atoms with E-state index in [9.17, 15) is 21.6 Å². The van der Waals surface area contributed by atoms with Crippen molar-refractivity contribution >= 4 is 37.3 Å². The standard InChI is InChI=1S/C26H29N5O2S.C22H20N4O3S.C20H22N6O4S.2H2O.5H2/c1-17(2)34-22-11-9-20(10-12-22)23-16-28-18(3)24(29-23)26-31-30-25(33-26)21-7-5-19(6-8-21)15-27-13-14-32-4;1-14(2)30(27,28)19-12-8-7-11-17(19)18-13-23-15(3)20(24-18)22-26-25-21(29-22)16-9-5-4-6-10-16;1-11(2)31(28,29)15-6-4-13(5-7-15)16-8-22-12(3)17(23-16)18-24-25-19(30-18)20(27)26-9-14(21)10-26;;;;;;;/h5-12,16-17,27H,13-15H2,1-4H3;4-14H,1-3H3;4-8,11,14H,9-10,21H2,1-3H3;2*1H2;5*1H. The van der Waals surface area contributed by atoms with Crippen LogP contribution in [0.25, 0.3) is 91.4 Å². The summed E-state index contributed by atoms with van der Waals surface area (Å²) in [5, 5.41) is 27.3. The molecule has 0 saturated carbocycles. The molecule has 1 aliphatic heterocycles. The van der Waals surface area contributed by atoms with E-state index in [4.69, 9.17) is 28.7 Å². The second-order valence-corrected chi connectivity index (χ2v) is 29.5. The summed E-state index contributed by atoms with van der Waals surface area (Å²) in [6.07, 6.45) is 4.91. The molecule has 0 bridgehead atoms. The van der Waals surface area contributed by atoms with Gasteiger partial charge in [0.1, 0.15) is 17.1 Å². The number of hydrogen-bond donors (Lipinski definition) is 2. The Hall–Kier alpha value is -9.72. The maximum absolute atomic E-state index is 12.8. The first-order chi connectivity index (χ1) is 45.6. The van der Waals surface area contributed by atoms with Gasteiger partial charge in [0, 0.05) is 84.4 Å². The molecule has 12 rings (SSSR count). The summed E-state index contributed by atoms with van der Waals surface area (Å²) < 4.78 is 72.7. The summed E-state index contributed by atoms with van der Waals surface area (Å²) in [5.74, 6) is 1.000. The Morgan fingerprint density at radius 1 is 0.577 bits per heavy atom. The third-order valence-electron chi connectivity index (χ3n) is 14.9. The Morgan fingerprint density at radius 2 is 1.03 bits per heavy atom. The lowest BCUT2D eigenvalue weighted by Gasteiger charge is -2.35. The first kappa shape index (κ1) is 73.1. The Labute approximate surface area is 573 Å². The fourth-order valence-electron chi connectivity index (χ4n) is 9.45. The fraction of sp³-hybridized carbons (Fsp3) is 0.279. The highest BCUT2D eigenvalue weighted by molar-refractivity contribution is 7.99. The highest BCUT2D eigenvalue weighted by Crippen LogP contribution is 2.34. The lowest BCUT2D eigenvalue weighted by Crippen LogP contribution is -2.57. The first-order valence-corrected chi connectivity index (χ1v) is 34.4. The third-order valence-corrected chi connectivity index (χ3v) is 20.3. The van der Waals surface area contributed by atoms with Crippen LogP contribution in [-0.4, -0.2) is 154 Å². The van der Waals surface area contributed by atoms with Gasteiger partial charge in [0.05, 0.1) is 79.7 Å². The van der Waals surface area contributed by atoms with Gasteiger partial charge >= 0.3 is 11.8 Å². The number of amides is 1. The average molecular weight is 1380 g/mol. The fourth-order valence-corrected chi connectivity index (χ4v) is 12.6. The van der Waals surface area contributed by atoms with Crippen molar-refractivity contribution in [1.82, 2.24) is 70.7 Å². The van der Waals surface area contributed by atoms with Crippen LogP contribution in [0.5, 0.6) is 0 Å². The second kappa shape index (κ2) is 32.3. The molecule has 516 valence electrons. The molecule has 0 aliphatic carbocycles. The third kappa shape index (κ3) is 17.5. The number of aryl methyl sites for hydroxylation is 3. The second-order valence-electron chi connectivity index (χ2n) is 22.9. The minimum Gasteiger partial charge on any atom is -0.415 e. The van der Waals surface area contributed by atoms with Gasteiger partial charge in [0.2, 0.25) is 11.8 Å². The van der Waals surface area contributed by atoms with Crippen LogP contribution < -0.4 is 11.1 Å². The molecule has 5 aromatic carbocycles. The van der Waals surface area contributed by atoms with Gasteiger partial charge < -0.3 is 44.9 Å². The molecule has 29 heteroatoms. The molecule has 0 spiro atoms. The van der Waals surface area contributed by atoms with Crippen LogP contribution in [0.2, 0.25) is 0 Å². The predicted octanol–water partition coefficient (Wildman–Crippen LogP) is 10.8. The van der Waals surface area contributed by atoms with Crippen LogP contribution in [0.1, 0.15) is 82.0 Å². The van der Waals surface area contributed by atoms with E-state index in [1.807, 2.05) is 73.3 Å². The lowest BCUT2D eigenvalue weighted by molar-refractivity contribution is 0.0567. The van der Waals surface area contributed by atoms with E-state index in [0.29, 0.717) is 93.6 Å². The summed E-state index contributed by atoms with van der Waals surface area (Å²) in [7, 11) is -5.16. The molecule has 1 saturated heterocycles. The number of rotatable bonds is 20. The van der Waals surface area contributed by atoms with Crippen LogP contribution in [0.3, 0.4) is 0 Å². The summed E-state index contributed by atoms with van der Waals surface area (Å²) in [6, 6.07) is 39.1. The number of carbonyl (C=O) groups excluding carboxylic acids is 1. The zero-order chi connectivity index (χ0) is 67.6. The Kier molecular flexibility index (Phi) is 24.4. The molecule has 97 heavy (non-hydrogen) atoms. The van der Waals surface area contributed by atoms with E-state index in [2.05, 4.69) is 98.9 Å². The van der Waals surface area contributed by atoms with E-state index < -0.39 is 30.2 Å². The molecule has 1 aliphatic rings. The van der Waals surface area contributed by atoms with Crippen LogP contribution in [0.15, 0.2) is 174 Å². The molecule has 0 unspecified atom stereocenters. The molecule has 1 fully saturated rings. The minimum absolute atomic E-state index is 0. The van der Waals surface area contributed by atoms with Crippen molar-refractivity contribution < 1.29 is 57.7 Å². The monoisotopic (exact) mass is 1380 g/mol. The van der Waals surface area contributed by atoms with Gasteiger partial charge in [0.25, 0.3) is 17.7 Å². The molecule has 7 N–H and O–H groups in total. The maximum Gasteiger partial charge on any atom is 0.311 e. The van der Waals surface area contributed by atoms with Crippen molar-refractivity contribution in [2.75, 3.05) is 33.4 Å². The van der Waals surface area contributed by atoms with E-state index in [1.54, 1.807) is 116 Å². The van der Waals surface area contributed by atoms with Crippen molar-refractivity contribution in [2.24, 2.45) is 5.73 Å². The van der Waals surface area contributed by atoms with Crippen molar-refractivity contribution in [3.63, 3.8) is 0 Å². The summed E-state index contributed by atoms with van der Waals surface area (Å²) in [6.45, 7) is 19.6. The average Bonchev–Trinajstić information content (AvgIpc) is 1.61. The summed E-state index contributed by atoms with van der Waals surface area (Å²) in [4.78, 5) is 42.8. The van der Waals surface area contributed by atoms with Gasteiger partial charge in [-0.1, -0.05) is 86.6 Å². The zero-order valence-electron chi connectivity index (χ0n) is 55.0. The number of aromatic nitrogens is 12. The van der Waals surface area contributed by atoms with Crippen LogP contribution >= 0.6 is 11.8 Å². The quantitative estimate of drug-likeness (QED) is 0.0528. The van der Waals surface area contributed by atoms with Gasteiger partial charge in [-0.15, -0.1) is 42.4 Å². The summed E-state index contributed by atoms with van der Waals surface area (Å²) >= 11 is 1.83. The van der Waals surface area contributed by atoms with Gasteiger partial charge in [-0.25, -0.2) is 31.8 Å². The smallest absolute Gasteiger partial charge is 0.311 e. The van der Waals surface area contributed by atoms with Crippen LogP contribution in [-0.2, 0) is 31.0 Å². The molecule has 6 aromatic heterocycles. The Bertz CT molecular complexity index is 4710. The van der Waals surface area contributed by atoms with Crippen molar-refractivity contribution in [1.29, 1.82) is 0 Å². The number of thioether (sulfide) groups is 1. The molecular weight excluding hydrogens is 1300 g/mol. The number of nitrogens with zero attached hydrogens (tertiary/aromatic N) is 13. The molecule has 26 nitrogen and oxygen atoms in total. The molecule has 7 heterocycles. The Balaban J connectivity index is 0.000000385. The van der Waals surface area contributed by atoms with Crippen molar-refractivity contribution in [3.8, 4) is 91.4 Å². The number of sulfone groups is 2. The number of nitrogens with two attached hydrogens (primary N) is 1. The summed E-state index contributed by atoms with van der Waals surface area (Å²) in [5.41, 5.74) is 15.7. The van der Waals surface area contributed by atoms with Gasteiger partial charge in [-0.2, -0.15) is 0 Å². The van der Waals surface area contributed by atoms with Crippen LogP contribution in [0, 0.1) is 20.8 Å². The van der Waals surface area contributed by atoms with E-state index >= 15 is 0 Å². The number of hydrogen-bond acceptors (Lipinski definition) is 24. The maximum atomic E-state index is 12.8. The number of carbonyl (C=O) groups is 1. The van der Waals surface area contributed by atoms with E-state index in [1.165, 1.54) is 15.4 Å². The molecule has 11 aromatic rings. The largest absolute Gasteiger partial charge is 0.415 e. The number of likely N-dealkylation sites (tertiary alicyclic amines) is 1. The Morgan fingerprint density at radius 3 is 1.55 bits per heavy atom. The van der Waals surface area contributed by atoms with E-state index in [0.717, 1.165) is 41.2 Å². The number of methoxy groups -OCH3 is 1. The predicted molar refractivity (Wildman–Crippen MR) is 378 cm³/mol. The number of ether oxygens (including phenoxy) is 1. The molecule has 0 radical (unpaired) electrons. The molecular formula is C68H85N15O11S3. The van der Waals surface area contributed by atoms with Crippen LogP contribution in [0.4, 0.5) is 0 Å². The van der Waals surface area contributed by atoms with Crippen molar-refractivity contribution in [3.05, 3.63) is 175 Å². The highest BCUT2D eigenvalue weighted by Gasteiger charge is 2.32. The first-order valence-electron chi connectivity index (χ1n) is 30.4. The van der Waals surface area contributed by atoms with Gasteiger partial charge in [-0.3, -0.25) is 19.7 Å². The number of benzene rings is 5. The van der Waals surface area contributed by atoms with Gasteiger partial charge in [0.15, 0.2) is 19.7 Å². The minimum atomic E-state index is -3.49. The molecule has 0 atom stereocenters. The normalized spacial score (nSPS) is 12.3. The number of nitrogens with one attached hydrogen (secondary N) is 1. The van der Waals surface area contributed by atoms with Gasteiger partial charge in [-0.05, 0) is 109 Å². The zero-order valence-corrected chi connectivity index (χ0v) is 57.4. The topological polar surface area (TPSA) is 393 Å². The van der Waals surface area contributed by atoms with E-state index in [-0.39, 0.29) is 57.5 Å². The lowest BCUT2D eigenvalue weighted by atomic mass is 10.1.